The zero-order chi connectivity index (χ0) is 16.4. The molecule has 0 bridgehead atoms. The Morgan fingerprint density at radius 1 is 1.17 bits per heavy atom. The molecule has 0 fully saturated rings. The van der Waals surface area contributed by atoms with Crippen molar-refractivity contribution in [2.24, 2.45) is 0 Å². The fourth-order valence-electron chi connectivity index (χ4n) is 2.61. The van der Waals surface area contributed by atoms with Gasteiger partial charge in [0.15, 0.2) is 5.82 Å². The number of benzene rings is 1. The van der Waals surface area contributed by atoms with Crippen molar-refractivity contribution in [1.82, 2.24) is 19.7 Å². The molecule has 3 aromatic heterocycles. The normalized spacial score (nSPS) is 11.0. The minimum absolute atomic E-state index is 0.697. The molecule has 0 aliphatic carbocycles. The van der Waals surface area contributed by atoms with E-state index in [4.69, 9.17) is 4.52 Å². The highest BCUT2D eigenvalue weighted by Crippen LogP contribution is 2.28. The Hall–Kier alpha value is -2.73. The lowest BCUT2D eigenvalue weighted by Crippen LogP contribution is -2.00. The van der Waals surface area contributed by atoms with Crippen LogP contribution in [0.15, 0.2) is 58.8 Å². The van der Waals surface area contributed by atoms with Crippen molar-refractivity contribution in [1.29, 1.82) is 0 Å². The van der Waals surface area contributed by atoms with Crippen LogP contribution in [0, 0.1) is 0 Å². The molecule has 0 N–H and O–H groups in total. The molecule has 0 unspecified atom stereocenters. The summed E-state index contributed by atoms with van der Waals surface area (Å²) in [4.78, 5) is 10.2. The zero-order valence-corrected chi connectivity index (χ0v) is 14.0. The van der Waals surface area contributed by atoms with Gasteiger partial charge in [0.25, 0.3) is 0 Å². The summed E-state index contributed by atoms with van der Waals surface area (Å²) >= 11 is 1.65. The van der Waals surface area contributed by atoms with Gasteiger partial charge >= 0.3 is 0 Å². The van der Waals surface area contributed by atoms with E-state index in [0.717, 1.165) is 29.2 Å². The number of imidazole rings is 1. The molecule has 0 radical (unpaired) electrons. The summed E-state index contributed by atoms with van der Waals surface area (Å²) in [6.07, 6.45) is 4.59. The lowest BCUT2D eigenvalue weighted by Gasteiger charge is -2.06. The van der Waals surface area contributed by atoms with Crippen LogP contribution in [0.1, 0.15) is 17.5 Å². The topological polar surface area (TPSA) is 56.7 Å². The number of thiazole rings is 1. The first-order valence-corrected chi connectivity index (χ1v) is 8.68. The van der Waals surface area contributed by atoms with Gasteiger partial charge in [0.1, 0.15) is 0 Å². The Morgan fingerprint density at radius 3 is 2.83 bits per heavy atom. The van der Waals surface area contributed by atoms with Crippen LogP contribution in [0.2, 0.25) is 0 Å². The van der Waals surface area contributed by atoms with Gasteiger partial charge in [-0.25, -0.2) is 9.97 Å². The molecule has 0 saturated heterocycles. The highest BCUT2D eigenvalue weighted by molar-refractivity contribution is 7.10. The van der Waals surface area contributed by atoms with Crippen LogP contribution >= 0.6 is 11.3 Å². The molecule has 0 aliphatic rings. The number of rotatable bonds is 5. The first-order valence-electron chi connectivity index (χ1n) is 7.80. The summed E-state index contributed by atoms with van der Waals surface area (Å²) in [5.74, 6) is 1.48. The smallest absolute Gasteiger partial charge is 0.202 e. The average molecular weight is 336 g/mol. The fourth-order valence-corrected chi connectivity index (χ4v) is 3.40. The largest absolute Gasteiger partial charge is 0.353 e. The number of aromatic nitrogens is 4. The standard InChI is InChI=1S/C18H16N4OS/c1-2-14-10-15(23-21-14)18-19-8-9-22(18)11-16-17(20-12-24-16)13-6-4-3-5-7-13/h3-10,12H,2,11H2,1H3. The van der Waals surface area contributed by atoms with Gasteiger partial charge in [-0.3, -0.25) is 0 Å². The Labute approximate surface area is 143 Å². The van der Waals surface area contributed by atoms with Crippen molar-refractivity contribution < 1.29 is 4.52 Å². The molecule has 120 valence electrons. The fraction of sp³-hybridized carbons (Fsp3) is 0.167. The van der Waals surface area contributed by atoms with E-state index >= 15 is 0 Å². The molecule has 0 spiro atoms. The third-order valence-corrected chi connectivity index (χ3v) is 4.68. The molecule has 0 aliphatic heterocycles. The maximum atomic E-state index is 5.43. The molecular formula is C18H16N4OS. The van der Waals surface area contributed by atoms with E-state index in [0.29, 0.717) is 12.3 Å². The predicted molar refractivity (Wildman–Crippen MR) is 93.8 cm³/mol. The van der Waals surface area contributed by atoms with E-state index in [2.05, 4.69) is 38.7 Å². The SMILES string of the molecule is CCc1cc(-c2nccn2Cc2scnc2-c2ccccc2)on1. The van der Waals surface area contributed by atoms with Crippen molar-refractivity contribution in [2.75, 3.05) is 0 Å². The third-order valence-electron chi connectivity index (χ3n) is 3.86. The van der Waals surface area contributed by atoms with Crippen molar-refractivity contribution >= 4 is 11.3 Å². The van der Waals surface area contributed by atoms with E-state index in [9.17, 15) is 0 Å². The van der Waals surface area contributed by atoms with Crippen LogP contribution < -0.4 is 0 Å². The van der Waals surface area contributed by atoms with Crippen LogP contribution in [0.25, 0.3) is 22.8 Å². The molecule has 3 heterocycles. The quantitative estimate of drug-likeness (QED) is 0.546. The summed E-state index contributed by atoms with van der Waals surface area (Å²) in [5, 5.41) is 4.06. The van der Waals surface area contributed by atoms with E-state index in [1.807, 2.05) is 36.0 Å². The Bertz CT molecular complexity index is 939. The monoisotopic (exact) mass is 336 g/mol. The second-order valence-corrected chi connectivity index (χ2v) is 6.34. The second kappa shape index (κ2) is 6.41. The lowest BCUT2D eigenvalue weighted by molar-refractivity contribution is 0.420. The lowest BCUT2D eigenvalue weighted by atomic mass is 10.1. The number of hydrogen-bond acceptors (Lipinski definition) is 5. The number of aryl methyl sites for hydroxylation is 1. The first-order chi connectivity index (χ1) is 11.8. The Balaban J connectivity index is 1.66. The summed E-state index contributed by atoms with van der Waals surface area (Å²) < 4.78 is 7.50. The number of hydrogen-bond donors (Lipinski definition) is 0. The Kier molecular flexibility index (Phi) is 3.96. The molecular weight excluding hydrogens is 320 g/mol. The van der Waals surface area contributed by atoms with Gasteiger partial charge < -0.3 is 9.09 Å². The van der Waals surface area contributed by atoms with Crippen LogP contribution in [0.3, 0.4) is 0 Å². The molecule has 4 aromatic rings. The van der Waals surface area contributed by atoms with Crippen molar-refractivity contribution in [3.05, 3.63) is 64.9 Å². The molecule has 1 aromatic carbocycles. The molecule has 24 heavy (non-hydrogen) atoms. The minimum atomic E-state index is 0.697. The maximum absolute atomic E-state index is 5.43. The Morgan fingerprint density at radius 2 is 2.04 bits per heavy atom. The number of nitrogens with zero attached hydrogens (tertiary/aromatic N) is 4. The highest BCUT2D eigenvalue weighted by Gasteiger charge is 2.15. The van der Waals surface area contributed by atoms with E-state index in [1.165, 1.54) is 4.88 Å². The molecule has 5 nitrogen and oxygen atoms in total. The van der Waals surface area contributed by atoms with E-state index < -0.39 is 0 Å². The van der Waals surface area contributed by atoms with Crippen LogP contribution in [-0.4, -0.2) is 19.7 Å². The van der Waals surface area contributed by atoms with Crippen LogP contribution in [0.5, 0.6) is 0 Å². The summed E-state index contributed by atoms with van der Waals surface area (Å²) in [6.45, 7) is 2.75. The molecule has 6 heteroatoms. The highest BCUT2D eigenvalue weighted by atomic mass is 32.1. The van der Waals surface area contributed by atoms with Crippen LogP contribution in [0.4, 0.5) is 0 Å². The van der Waals surface area contributed by atoms with Gasteiger partial charge in [0.05, 0.1) is 28.3 Å². The third kappa shape index (κ3) is 2.76. The van der Waals surface area contributed by atoms with Gasteiger partial charge in [0, 0.05) is 24.0 Å². The second-order valence-electron chi connectivity index (χ2n) is 5.40. The molecule has 4 rings (SSSR count). The van der Waals surface area contributed by atoms with Gasteiger partial charge in [0.2, 0.25) is 5.76 Å². The van der Waals surface area contributed by atoms with E-state index in [1.54, 1.807) is 17.5 Å². The van der Waals surface area contributed by atoms with Crippen LogP contribution in [-0.2, 0) is 13.0 Å². The predicted octanol–water partition coefficient (Wildman–Crippen LogP) is 4.27. The maximum Gasteiger partial charge on any atom is 0.202 e. The van der Waals surface area contributed by atoms with Gasteiger partial charge in [-0.1, -0.05) is 42.4 Å². The zero-order valence-electron chi connectivity index (χ0n) is 13.2. The van der Waals surface area contributed by atoms with Gasteiger partial charge in [-0.05, 0) is 6.42 Å². The molecule has 0 atom stereocenters. The molecule has 0 saturated carbocycles. The minimum Gasteiger partial charge on any atom is -0.353 e. The summed E-state index contributed by atoms with van der Waals surface area (Å²) in [6, 6.07) is 12.2. The summed E-state index contributed by atoms with van der Waals surface area (Å²) in [5.41, 5.74) is 4.97. The summed E-state index contributed by atoms with van der Waals surface area (Å²) in [7, 11) is 0. The van der Waals surface area contributed by atoms with Crippen molar-refractivity contribution in [3.63, 3.8) is 0 Å². The van der Waals surface area contributed by atoms with Gasteiger partial charge in [-0.15, -0.1) is 11.3 Å². The van der Waals surface area contributed by atoms with E-state index in [-0.39, 0.29) is 0 Å². The van der Waals surface area contributed by atoms with Gasteiger partial charge in [-0.2, -0.15) is 0 Å². The average Bonchev–Trinajstić information content (AvgIpc) is 3.36. The van der Waals surface area contributed by atoms with Crippen molar-refractivity contribution in [2.45, 2.75) is 19.9 Å². The first kappa shape index (κ1) is 14.8. The molecule has 0 amide bonds. The van der Waals surface area contributed by atoms with Crippen molar-refractivity contribution in [3.8, 4) is 22.8 Å².